The number of nitrogens with zero attached hydrogens (tertiary/aromatic N) is 1. The normalized spacial score (nSPS) is 14.9. The topological polar surface area (TPSA) is 30.0 Å². The van der Waals surface area contributed by atoms with Crippen LogP contribution in [0.3, 0.4) is 0 Å². The summed E-state index contributed by atoms with van der Waals surface area (Å²) in [6.07, 6.45) is 2.37. The summed E-state index contributed by atoms with van der Waals surface area (Å²) in [5.41, 5.74) is 2.72. The Morgan fingerprint density at radius 1 is 1.14 bits per heavy atom. The summed E-state index contributed by atoms with van der Waals surface area (Å²) >= 11 is 0. The van der Waals surface area contributed by atoms with Crippen molar-refractivity contribution in [1.82, 2.24) is 4.98 Å². The zero-order valence-corrected chi connectivity index (χ0v) is 12.6. The number of hydrogen-bond acceptors (Lipinski definition) is 2. The van der Waals surface area contributed by atoms with Gasteiger partial charge in [-0.25, -0.2) is 13.8 Å². The van der Waals surface area contributed by atoms with E-state index in [2.05, 4.69) is 4.98 Å². The molecule has 0 spiro atoms. The quantitative estimate of drug-likeness (QED) is 0.772. The minimum absolute atomic E-state index is 0.0997. The van der Waals surface area contributed by atoms with E-state index >= 15 is 0 Å². The summed E-state index contributed by atoms with van der Waals surface area (Å²) in [5, 5.41) is 0. The predicted octanol–water partition coefficient (Wildman–Crippen LogP) is 4.61. The van der Waals surface area contributed by atoms with Crippen molar-refractivity contribution in [2.75, 3.05) is 0 Å². The van der Waals surface area contributed by atoms with E-state index < -0.39 is 5.92 Å². The molecule has 1 aliphatic rings. The molecule has 22 heavy (non-hydrogen) atoms. The first kappa shape index (κ1) is 14.8. The molecule has 2 aromatic rings. The number of aryl methyl sites for hydroxylation is 1. The molecule has 1 saturated carbocycles. The first-order chi connectivity index (χ1) is 10.4. The molecule has 0 saturated heterocycles. The smallest absolute Gasteiger partial charge is 0.270 e. The fourth-order valence-corrected chi connectivity index (χ4v) is 2.59. The molecule has 0 unspecified atom stereocenters. The predicted molar refractivity (Wildman–Crippen MR) is 80.4 cm³/mol. The number of alkyl halides is 2. The number of carbonyl (C=O) groups is 1. The van der Waals surface area contributed by atoms with Gasteiger partial charge in [0.1, 0.15) is 5.69 Å². The van der Waals surface area contributed by atoms with Crippen LogP contribution in [0, 0.1) is 6.92 Å². The molecule has 0 amide bonds. The zero-order valence-electron chi connectivity index (χ0n) is 12.6. The third kappa shape index (κ3) is 2.91. The Hall–Kier alpha value is -2.10. The van der Waals surface area contributed by atoms with Gasteiger partial charge in [0.05, 0.1) is 0 Å². The number of hydrogen-bond donors (Lipinski definition) is 0. The van der Waals surface area contributed by atoms with E-state index in [1.54, 1.807) is 6.07 Å². The van der Waals surface area contributed by atoms with Crippen molar-refractivity contribution in [2.45, 2.75) is 38.5 Å². The van der Waals surface area contributed by atoms with E-state index in [1.807, 2.05) is 13.0 Å². The van der Waals surface area contributed by atoms with Gasteiger partial charge in [-0.1, -0.05) is 30.3 Å². The van der Waals surface area contributed by atoms with Gasteiger partial charge in [0.2, 0.25) is 5.78 Å². The number of pyridine rings is 1. The second-order valence-corrected chi connectivity index (χ2v) is 5.94. The standard InChI is InChI=1S/C18H17F2NO/c1-11-15(12-3-4-12)9-10-16(21-11)17(22)13-5-7-14(8-6-13)18(2,19)20/h5-10,12H,3-4H2,1-2H3. The van der Waals surface area contributed by atoms with Crippen molar-refractivity contribution in [3.8, 4) is 0 Å². The van der Waals surface area contributed by atoms with Crippen molar-refractivity contribution in [3.05, 3.63) is 64.5 Å². The minimum atomic E-state index is -2.90. The molecular formula is C18H17F2NO. The Kier molecular flexibility index (Phi) is 3.55. The molecule has 0 radical (unpaired) electrons. The van der Waals surface area contributed by atoms with Gasteiger partial charge in [0.15, 0.2) is 0 Å². The summed E-state index contributed by atoms with van der Waals surface area (Å²) in [7, 11) is 0. The van der Waals surface area contributed by atoms with Crippen molar-refractivity contribution < 1.29 is 13.6 Å². The highest BCUT2D eigenvalue weighted by Crippen LogP contribution is 2.41. The molecule has 1 fully saturated rings. The largest absolute Gasteiger partial charge is 0.287 e. The van der Waals surface area contributed by atoms with Crippen LogP contribution in [0.15, 0.2) is 36.4 Å². The first-order valence-electron chi connectivity index (χ1n) is 7.37. The maximum Gasteiger partial charge on any atom is 0.270 e. The van der Waals surface area contributed by atoms with Gasteiger partial charge >= 0.3 is 0 Å². The lowest BCUT2D eigenvalue weighted by Gasteiger charge is -2.11. The van der Waals surface area contributed by atoms with Gasteiger partial charge in [0.25, 0.3) is 5.92 Å². The fourth-order valence-electron chi connectivity index (χ4n) is 2.59. The molecule has 1 aromatic heterocycles. The number of halogens is 2. The summed E-state index contributed by atoms with van der Waals surface area (Å²) in [5.74, 6) is -2.55. The summed E-state index contributed by atoms with van der Waals surface area (Å²) in [6.45, 7) is 2.75. The Morgan fingerprint density at radius 3 is 2.27 bits per heavy atom. The third-order valence-corrected chi connectivity index (χ3v) is 4.03. The summed E-state index contributed by atoms with van der Waals surface area (Å²) in [4.78, 5) is 16.8. The minimum Gasteiger partial charge on any atom is -0.287 e. The molecule has 1 heterocycles. The lowest BCUT2D eigenvalue weighted by atomic mass is 10.0. The van der Waals surface area contributed by atoms with Crippen molar-refractivity contribution in [1.29, 1.82) is 0 Å². The van der Waals surface area contributed by atoms with E-state index in [-0.39, 0.29) is 11.3 Å². The Labute approximate surface area is 128 Å². The van der Waals surface area contributed by atoms with Crippen LogP contribution in [-0.4, -0.2) is 10.8 Å². The van der Waals surface area contributed by atoms with Gasteiger partial charge in [-0.3, -0.25) is 4.79 Å². The number of benzene rings is 1. The Bertz CT molecular complexity index is 713. The van der Waals surface area contributed by atoms with Crippen molar-refractivity contribution >= 4 is 5.78 Å². The van der Waals surface area contributed by atoms with E-state index in [0.29, 0.717) is 17.2 Å². The lowest BCUT2D eigenvalue weighted by molar-refractivity contribution is 0.0174. The van der Waals surface area contributed by atoms with Crippen LogP contribution in [0.1, 0.15) is 58.6 Å². The highest BCUT2D eigenvalue weighted by molar-refractivity contribution is 6.07. The molecular weight excluding hydrogens is 284 g/mol. The molecule has 0 aliphatic heterocycles. The molecule has 0 N–H and O–H groups in total. The van der Waals surface area contributed by atoms with Gasteiger partial charge in [-0.2, -0.15) is 0 Å². The average molecular weight is 301 g/mol. The van der Waals surface area contributed by atoms with Crippen LogP contribution in [-0.2, 0) is 5.92 Å². The first-order valence-corrected chi connectivity index (χ1v) is 7.37. The molecule has 1 aliphatic carbocycles. The van der Waals surface area contributed by atoms with E-state index in [0.717, 1.165) is 12.6 Å². The zero-order chi connectivity index (χ0) is 15.9. The number of ketones is 1. The molecule has 3 rings (SSSR count). The van der Waals surface area contributed by atoms with Crippen LogP contribution in [0.25, 0.3) is 0 Å². The second-order valence-electron chi connectivity index (χ2n) is 5.94. The van der Waals surface area contributed by atoms with Gasteiger partial charge in [-0.15, -0.1) is 0 Å². The van der Waals surface area contributed by atoms with Crippen molar-refractivity contribution in [3.63, 3.8) is 0 Å². The van der Waals surface area contributed by atoms with Gasteiger partial charge in [0, 0.05) is 23.7 Å². The number of aromatic nitrogens is 1. The van der Waals surface area contributed by atoms with Crippen LogP contribution in [0.2, 0.25) is 0 Å². The lowest BCUT2D eigenvalue weighted by Crippen LogP contribution is -2.09. The number of rotatable bonds is 4. The highest BCUT2D eigenvalue weighted by Gasteiger charge is 2.27. The number of carbonyl (C=O) groups excluding carboxylic acids is 1. The fraction of sp³-hybridized carbons (Fsp3) is 0.333. The molecule has 2 nitrogen and oxygen atoms in total. The third-order valence-electron chi connectivity index (χ3n) is 4.03. The average Bonchev–Trinajstić information content (AvgIpc) is 3.30. The molecule has 114 valence electrons. The highest BCUT2D eigenvalue weighted by atomic mass is 19.3. The van der Waals surface area contributed by atoms with E-state index in [4.69, 9.17) is 0 Å². The second kappa shape index (κ2) is 5.27. The summed E-state index contributed by atoms with van der Waals surface area (Å²) < 4.78 is 26.4. The van der Waals surface area contributed by atoms with Crippen LogP contribution < -0.4 is 0 Å². The molecule has 0 bridgehead atoms. The van der Waals surface area contributed by atoms with E-state index in [9.17, 15) is 13.6 Å². The maximum atomic E-state index is 13.2. The van der Waals surface area contributed by atoms with Gasteiger partial charge < -0.3 is 0 Å². The molecule has 1 aromatic carbocycles. The van der Waals surface area contributed by atoms with Crippen LogP contribution >= 0.6 is 0 Å². The monoisotopic (exact) mass is 301 g/mol. The maximum absolute atomic E-state index is 13.2. The molecule has 4 heteroatoms. The van der Waals surface area contributed by atoms with Crippen LogP contribution in [0.4, 0.5) is 8.78 Å². The van der Waals surface area contributed by atoms with Gasteiger partial charge in [-0.05, 0) is 37.3 Å². The van der Waals surface area contributed by atoms with Crippen molar-refractivity contribution in [2.24, 2.45) is 0 Å². The van der Waals surface area contributed by atoms with Crippen LogP contribution in [0.5, 0.6) is 0 Å². The summed E-state index contributed by atoms with van der Waals surface area (Å²) in [6, 6.07) is 9.13. The Morgan fingerprint density at radius 2 is 1.77 bits per heavy atom. The van der Waals surface area contributed by atoms with E-state index in [1.165, 1.54) is 42.7 Å². The SMILES string of the molecule is Cc1nc(C(=O)c2ccc(C(C)(F)F)cc2)ccc1C1CC1. The molecule has 0 atom stereocenters. The Balaban J connectivity index is 1.85.